The number of nitrogens with one attached hydrogen (secondary N) is 2. The molecule has 3 aliphatic heterocycles. The average Bonchev–Trinajstić information content (AvgIpc) is 3.61. The number of aromatic amines is 1. The zero-order valence-electron chi connectivity index (χ0n) is 21.9. The highest BCUT2D eigenvalue weighted by Gasteiger charge is 2.53. The lowest BCUT2D eigenvalue weighted by atomic mass is 9.78. The molecule has 0 bridgehead atoms. The molecule has 3 amide bonds. The minimum absolute atomic E-state index is 0.000130. The van der Waals surface area contributed by atoms with Crippen LogP contribution in [-0.4, -0.2) is 68.0 Å². The first-order chi connectivity index (χ1) is 19.9. The molecular formula is C28H23ClF3N7O3. The number of alkyl halides is 3. The van der Waals surface area contributed by atoms with Crippen LogP contribution < -0.4 is 11.1 Å². The molecule has 1 aliphatic carbocycles. The monoisotopic (exact) mass is 597 g/mol. The first-order valence-electron chi connectivity index (χ1n) is 13.2. The van der Waals surface area contributed by atoms with E-state index >= 15 is 0 Å². The number of hydrogen-bond acceptors (Lipinski definition) is 6. The maximum Gasteiger partial charge on any atom is 0.406 e. The molecule has 7 rings (SSSR count). The number of carbonyl (C=O) groups is 3. The number of H-pyrrole nitrogens is 1. The van der Waals surface area contributed by atoms with Gasteiger partial charge in [-0.15, -0.1) is 0 Å². The highest BCUT2D eigenvalue weighted by Crippen LogP contribution is 2.52. The zero-order valence-corrected chi connectivity index (χ0v) is 22.6. The van der Waals surface area contributed by atoms with Crippen LogP contribution in [0, 0.1) is 0 Å². The van der Waals surface area contributed by atoms with E-state index in [4.69, 9.17) is 17.3 Å². The second kappa shape index (κ2) is 9.05. The molecule has 42 heavy (non-hydrogen) atoms. The van der Waals surface area contributed by atoms with Crippen molar-refractivity contribution in [2.45, 2.75) is 43.4 Å². The fourth-order valence-corrected chi connectivity index (χ4v) is 7.12. The summed E-state index contributed by atoms with van der Waals surface area (Å²) in [6.45, 7) is -1.75. The molecule has 0 radical (unpaired) electrons. The number of hydrogen-bond donors (Lipinski definition) is 3. The fourth-order valence-electron chi connectivity index (χ4n) is 6.84. The Labute approximate surface area is 241 Å². The van der Waals surface area contributed by atoms with Crippen LogP contribution in [0.3, 0.4) is 0 Å². The lowest BCUT2D eigenvalue weighted by Gasteiger charge is -2.37. The number of allylic oxidation sites excluding steroid dienone is 2. The van der Waals surface area contributed by atoms with Gasteiger partial charge < -0.3 is 20.9 Å². The smallest absolute Gasteiger partial charge is 0.364 e. The van der Waals surface area contributed by atoms with Crippen LogP contribution in [0.2, 0.25) is 5.02 Å². The number of aromatic nitrogens is 3. The van der Waals surface area contributed by atoms with E-state index in [9.17, 15) is 27.6 Å². The van der Waals surface area contributed by atoms with Gasteiger partial charge in [-0.25, -0.2) is 4.98 Å². The molecule has 2 unspecified atom stereocenters. The van der Waals surface area contributed by atoms with E-state index in [0.717, 1.165) is 21.6 Å². The fraction of sp³-hybridized carbons (Fsp3) is 0.321. The third kappa shape index (κ3) is 3.97. The summed E-state index contributed by atoms with van der Waals surface area (Å²) in [7, 11) is 0. The molecule has 1 aromatic carbocycles. The van der Waals surface area contributed by atoms with Crippen LogP contribution in [0.15, 0.2) is 53.5 Å². The van der Waals surface area contributed by atoms with E-state index in [1.54, 1.807) is 24.4 Å². The third-order valence-electron chi connectivity index (χ3n) is 8.68. The van der Waals surface area contributed by atoms with Crippen LogP contribution in [0.25, 0.3) is 10.9 Å². The van der Waals surface area contributed by atoms with Crippen LogP contribution in [-0.2, 0) is 32.8 Å². The van der Waals surface area contributed by atoms with Crippen molar-refractivity contribution in [3.8, 4) is 0 Å². The quantitative estimate of drug-likeness (QED) is 0.424. The summed E-state index contributed by atoms with van der Waals surface area (Å²) < 4.78 is 41.2. The van der Waals surface area contributed by atoms with E-state index in [-0.39, 0.29) is 31.1 Å². The van der Waals surface area contributed by atoms with Gasteiger partial charge in [-0.3, -0.25) is 19.5 Å². The Morgan fingerprint density at radius 1 is 1.24 bits per heavy atom. The number of rotatable bonds is 3. The third-order valence-corrected chi connectivity index (χ3v) is 8.98. The van der Waals surface area contributed by atoms with Gasteiger partial charge in [0, 0.05) is 36.7 Å². The molecule has 0 saturated heterocycles. The Morgan fingerprint density at radius 2 is 2.05 bits per heavy atom. The number of fused-ring (bicyclic) bond motifs is 5. The number of amides is 3. The van der Waals surface area contributed by atoms with Gasteiger partial charge in [-0.05, 0) is 53.3 Å². The number of carbonyl (C=O) groups excluding carboxylic acids is 3. The summed E-state index contributed by atoms with van der Waals surface area (Å²) in [6.07, 6.45) is 0.539. The van der Waals surface area contributed by atoms with E-state index < -0.39 is 36.0 Å². The molecule has 5 heterocycles. The number of halogens is 4. The summed E-state index contributed by atoms with van der Waals surface area (Å²) in [5, 5.41) is 10.4. The Balaban J connectivity index is 1.30. The lowest BCUT2D eigenvalue weighted by Crippen LogP contribution is -2.52. The Kier molecular flexibility index (Phi) is 5.71. The number of nitrogens with zero attached hydrogens (tertiary/aromatic N) is 4. The summed E-state index contributed by atoms with van der Waals surface area (Å²) in [5.41, 5.74) is 8.66. The van der Waals surface area contributed by atoms with Gasteiger partial charge in [-0.2, -0.15) is 18.3 Å². The predicted octanol–water partition coefficient (Wildman–Crippen LogP) is 3.09. The van der Waals surface area contributed by atoms with Gasteiger partial charge in [0.15, 0.2) is 0 Å². The van der Waals surface area contributed by atoms with Crippen molar-refractivity contribution >= 4 is 46.0 Å². The van der Waals surface area contributed by atoms with Crippen LogP contribution in [0.4, 0.5) is 19.0 Å². The molecule has 1 spiro atoms. The molecular weight excluding hydrogens is 575 g/mol. The van der Waals surface area contributed by atoms with Crippen LogP contribution in [0.1, 0.15) is 29.5 Å². The van der Waals surface area contributed by atoms with Crippen LogP contribution >= 0.6 is 11.6 Å². The van der Waals surface area contributed by atoms with E-state index in [2.05, 4.69) is 20.5 Å². The summed E-state index contributed by atoms with van der Waals surface area (Å²) in [6, 6.07) is 4.00. The molecule has 0 saturated carbocycles. The van der Waals surface area contributed by atoms with Gasteiger partial charge >= 0.3 is 6.18 Å². The largest absolute Gasteiger partial charge is 0.406 e. The molecule has 4 aliphatic rings. The second-order valence-electron chi connectivity index (χ2n) is 11.1. The highest BCUT2D eigenvalue weighted by molar-refractivity contribution is 6.35. The van der Waals surface area contributed by atoms with Crippen molar-refractivity contribution in [3.05, 3.63) is 75.2 Å². The number of primary amides is 1. The van der Waals surface area contributed by atoms with Crippen molar-refractivity contribution in [2.75, 3.05) is 18.4 Å². The van der Waals surface area contributed by atoms with E-state index in [1.807, 2.05) is 6.07 Å². The van der Waals surface area contributed by atoms with Crippen molar-refractivity contribution in [3.63, 3.8) is 0 Å². The minimum Gasteiger partial charge on any atom is -0.364 e. The predicted molar refractivity (Wildman–Crippen MR) is 145 cm³/mol. The van der Waals surface area contributed by atoms with E-state index in [0.29, 0.717) is 45.7 Å². The maximum absolute atomic E-state index is 13.9. The molecule has 10 nitrogen and oxygen atoms in total. The number of anilines is 1. The molecule has 14 heteroatoms. The van der Waals surface area contributed by atoms with E-state index in [1.165, 1.54) is 11.1 Å². The Bertz CT molecular complexity index is 1780. The normalized spacial score (nSPS) is 23.6. The number of nitrogens with two attached hydrogens (primary N) is 1. The van der Waals surface area contributed by atoms with Crippen LogP contribution in [0.5, 0.6) is 0 Å². The van der Waals surface area contributed by atoms with Crippen molar-refractivity contribution in [2.24, 2.45) is 5.73 Å². The molecule has 2 atom stereocenters. The average molecular weight is 598 g/mol. The lowest BCUT2D eigenvalue weighted by molar-refractivity contribution is -0.165. The summed E-state index contributed by atoms with van der Waals surface area (Å²) in [5.74, 6) is -1.38. The highest BCUT2D eigenvalue weighted by atomic mass is 35.5. The summed E-state index contributed by atoms with van der Waals surface area (Å²) >= 11 is 6.48. The number of pyridine rings is 1. The first kappa shape index (κ1) is 26.5. The molecule has 2 aromatic heterocycles. The van der Waals surface area contributed by atoms with Gasteiger partial charge in [0.1, 0.15) is 24.1 Å². The molecule has 4 N–H and O–H groups in total. The van der Waals surface area contributed by atoms with Crippen molar-refractivity contribution < 1.29 is 27.6 Å². The van der Waals surface area contributed by atoms with Gasteiger partial charge in [0.2, 0.25) is 11.8 Å². The Hall–Kier alpha value is -4.39. The van der Waals surface area contributed by atoms with Crippen molar-refractivity contribution in [1.82, 2.24) is 25.0 Å². The Morgan fingerprint density at radius 3 is 2.81 bits per heavy atom. The van der Waals surface area contributed by atoms with Gasteiger partial charge in [-0.1, -0.05) is 17.7 Å². The standard InChI is InChI=1S/C28H23ClF3N7O3/c29-19-4-13-5-21(25(41)38(12-28(30,31)32)11-17(13)16-9-35-37-22(16)19)39-10-15-8-27(7-14(15)6-20(39)23(33)40)18-2-1-3-34-24(18)36-26(27)42/h1-4,6,9,21H,5,7-8,10-12H2,(H2,33,40)(H,35,37)(H,34,36,42). The first-order valence-corrected chi connectivity index (χ1v) is 13.6. The van der Waals surface area contributed by atoms with Crippen molar-refractivity contribution in [1.29, 1.82) is 0 Å². The summed E-state index contributed by atoms with van der Waals surface area (Å²) in [4.78, 5) is 46.4. The van der Waals surface area contributed by atoms with Gasteiger partial charge in [0.25, 0.3) is 5.91 Å². The topological polar surface area (TPSA) is 137 Å². The minimum atomic E-state index is -4.66. The molecule has 216 valence electrons. The molecule has 3 aromatic rings. The number of benzene rings is 1. The molecule has 0 fully saturated rings. The second-order valence-corrected chi connectivity index (χ2v) is 11.5. The zero-order chi connectivity index (χ0) is 29.6. The maximum atomic E-state index is 13.9. The SMILES string of the molecule is NC(=O)C1=CC2=C(CN1C1Cc3cc(Cl)c4[nH]ncc4c3CN(CC(F)(F)F)C1=O)CC1(C2)C(=O)Nc2ncccc21. The van der Waals surface area contributed by atoms with Gasteiger partial charge in [0.05, 0.1) is 22.2 Å².